The van der Waals surface area contributed by atoms with Gasteiger partial charge in [0.25, 0.3) is 0 Å². The summed E-state index contributed by atoms with van der Waals surface area (Å²) >= 11 is 0. The number of carbonyl (C=O) groups is 1. The van der Waals surface area contributed by atoms with Crippen LogP contribution in [0.1, 0.15) is 12.8 Å². The molecule has 2 fully saturated rings. The van der Waals surface area contributed by atoms with Crippen LogP contribution in [0.4, 0.5) is 15.8 Å². The van der Waals surface area contributed by atoms with Gasteiger partial charge in [0.2, 0.25) is 5.91 Å². The third-order valence-corrected chi connectivity index (χ3v) is 6.64. The largest absolute Gasteiger partial charge is 0.497 e. The topological polar surface area (TPSA) is 82.3 Å². The number of ether oxygens (including phenoxy) is 1. The second-order valence-electron chi connectivity index (χ2n) is 8.72. The number of nitrogens with zero attached hydrogens (tertiary/aromatic N) is 3. The number of methoxy groups -OCH3 is 1. The molecule has 0 aromatic heterocycles. The molecule has 4 rings (SSSR count). The number of piperidine rings is 1. The number of hydrogen-bond acceptors (Lipinski definition) is 6. The van der Waals surface area contributed by atoms with Gasteiger partial charge in [0, 0.05) is 50.6 Å². The summed E-state index contributed by atoms with van der Waals surface area (Å²) in [4.78, 5) is 18.6. The van der Waals surface area contributed by atoms with E-state index < -0.39 is 11.6 Å². The fourth-order valence-electron chi connectivity index (χ4n) is 4.68. The number of primary amides is 1. The van der Waals surface area contributed by atoms with Gasteiger partial charge in [-0.05, 0) is 61.4 Å². The predicted octanol–water partition coefficient (Wildman–Crippen LogP) is 1.84. The minimum atomic E-state index is -0.882. The van der Waals surface area contributed by atoms with Crippen LogP contribution in [-0.4, -0.2) is 73.9 Å². The normalized spacial score (nSPS) is 21.4. The molecule has 0 spiro atoms. The summed E-state index contributed by atoms with van der Waals surface area (Å²) in [6, 6.07) is 13.7. The molecule has 3 N–H and O–H groups in total. The second-order valence-corrected chi connectivity index (χ2v) is 8.72. The first-order chi connectivity index (χ1) is 15.4. The van der Waals surface area contributed by atoms with Crippen LogP contribution in [0.5, 0.6) is 5.75 Å². The van der Waals surface area contributed by atoms with Crippen LogP contribution in [0.2, 0.25) is 0 Å². The average molecular weight is 443 g/mol. The fourth-order valence-corrected chi connectivity index (χ4v) is 4.68. The first-order valence-corrected chi connectivity index (χ1v) is 11.0. The van der Waals surface area contributed by atoms with Crippen LogP contribution >= 0.6 is 0 Å². The van der Waals surface area contributed by atoms with Gasteiger partial charge in [-0.15, -0.1) is 0 Å². The minimum absolute atomic E-state index is 0.256. The molecule has 1 amide bonds. The Bertz CT molecular complexity index is 914. The molecule has 2 heterocycles. The lowest BCUT2D eigenvalue weighted by Crippen LogP contribution is -2.62. The minimum Gasteiger partial charge on any atom is -0.497 e. The highest BCUT2D eigenvalue weighted by Crippen LogP contribution is 2.29. The molecule has 0 aliphatic carbocycles. The van der Waals surface area contributed by atoms with E-state index in [1.807, 2.05) is 29.2 Å². The van der Waals surface area contributed by atoms with Gasteiger partial charge >= 0.3 is 0 Å². The Morgan fingerprint density at radius 3 is 2.22 bits per heavy atom. The van der Waals surface area contributed by atoms with Crippen LogP contribution in [-0.2, 0) is 4.79 Å². The van der Waals surface area contributed by atoms with Crippen LogP contribution in [0, 0.1) is 5.82 Å². The molecule has 0 bridgehead atoms. The van der Waals surface area contributed by atoms with Gasteiger partial charge in [0.15, 0.2) is 0 Å². The second kappa shape index (κ2) is 9.34. The summed E-state index contributed by atoms with van der Waals surface area (Å²) in [6.45, 7) is 3.63. The zero-order chi connectivity index (χ0) is 22.7. The smallest absolute Gasteiger partial charge is 0.236 e. The zero-order valence-electron chi connectivity index (χ0n) is 18.4. The van der Waals surface area contributed by atoms with Gasteiger partial charge in [-0.25, -0.2) is 4.39 Å². The summed E-state index contributed by atoms with van der Waals surface area (Å²) in [6.07, 6.45) is 1.16. The van der Waals surface area contributed by atoms with E-state index in [4.69, 9.17) is 10.5 Å². The van der Waals surface area contributed by atoms with Crippen molar-refractivity contribution in [3.8, 4) is 5.75 Å². The van der Waals surface area contributed by atoms with Crippen LogP contribution in [0.25, 0.3) is 0 Å². The summed E-state index contributed by atoms with van der Waals surface area (Å²) in [5.74, 6) is 0.150. The highest BCUT2D eigenvalue weighted by molar-refractivity contribution is 5.81. The number of amides is 1. The maximum atomic E-state index is 13.2. The lowest BCUT2D eigenvalue weighted by atomic mass is 9.89. The Morgan fingerprint density at radius 2 is 1.62 bits per heavy atom. The number of β-amino-alcohol motifs (C(OH)–C–C–N with tert-alkyl or cyclic N) is 1. The zero-order valence-corrected chi connectivity index (χ0v) is 18.4. The SMILES string of the molecule is COc1ccc(N2CCN(CC3(O)CCN(c4ccc(F)cc4)CC3)[C@@H](C(N)=O)C2)cc1. The van der Waals surface area contributed by atoms with E-state index in [2.05, 4.69) is 9.80 Å². The van der Waals surface area contributed by atoms with Gasteiger partial charge in [0.05, 0.1) is 12.7 Å². The molecule has 0 saturated carbocycles. The van der Waals surface area contributed by atoms with Crippen molar-refractivity contribution < 1.29 is 19.0 Å². The number of aliphatic hydroxyl groups is 1. The van der Waals surface area contributed by atoms with Crippen molar-refractivity contribution in [2.24, 2.45) is 5.73 Å². The molecular formula is C24H31FN4O3. The van der Waals surface area contributed by atoms with Crippen molar-refractivity contribution in [2.45, 2.75) is 24.5 Å². The van der Waals surface area contributed by atoms with Crippen molar-refractivity contribution in [3.05, 3.63) is 54.3 Å². The van der Waals surface area contributed by atoms with Crippen LogP contribution < -0.4 is 20.3 Å². The van der Waals surface area contributed by atoms with E-state index in [9.17, 15) is 14.3 Å². The number of anilines is 2. The standard InChI is InChI=1S/C24H31FN4O3/c1-32-21-8-6-20(7-9-21)28-14-15-29(22(16-28)23(26)30)17-24(31)10-12-27(13-11-24)19-4-2-18(25)3-5-19/h2-9,22,31H,10-17H2,1H3,(H2,26,30)/t22-/m1/s1. The molecule has 7 nitrogen and oxygen atoms in total. The van der Waals surface area contributed by atoms with Crippen molar-refractivity contribution >= 4 is 17.3 Å². The van der Waals surface area contributed by atoms with E-state index in [-0.39, 0.29) is 11.7 Å². The van der Waals surface area contributed by atoms with Gasteiger partial charge < -0.3 is 25.4 Å². The number of piperazine rings is 1. The third kappa shape index (κ3) is 4.97. The molecule has 2 aliphatic heterocycles. The fraction of sp³-hybridized carbons (Fsp3) is 0.458. The van der Waals surface area contributed by atoms with Crippen molar-refractivity contribution in [2.75, 3.05) is 56.2 Å². The number of benzene rings is 2. The Hall–Kier alpha value is -2.84. The van der Waals surface area contributed by atoms with E-state index in [1.54, 1.807) is 19.2 Å². The van der Waals surface area contributed by atoms with E-state index >= 15 is 0 Å². The van der Waals surface area contributed by atoms with Crippen molar-refractivity contribution in [3.63, 3.8) is 0 Å². The molecule has 172 valence electrons. The Labute approximate surface area is 188 Å². The van der Waals surface area contributed by atoms with Gasteiger partial charge in [-0.2, -0.15) is 0 Å². The molecule has 8 heteroatoms. The van der Waals surface area contributed by atoms with Crippen molar-refractivity contribution in [1.82, 2.24) is 4.90 Å². The van der Waals surface area contributed by atoms with Gasteiger partial charge in [-0.1, -0.05) is 0 Å². The maximum Gasteiger partial charge on any atom is 0.236 e. The monoisotopic (exact) mass is 442 g/mol. The molecule has 2 aromatic rings. The highest BCUT2D eigenvalue weighted by Gasteiger charge is 2.39. The van der Waals surface area contributed by atoms with Crippen LogP contribution in [0.15, 0.2) is 48.5 Å². The van der Waals surface area contributed by atoms with Crippen molar-refractivity contribution in [1.29, 1.82) is 0 Å². The number of carbonyl (C=O) groups excluding carboxylic acids is 1. The first-order valence-electron chi connectivity index (χ1n) is 11.0. The third-order valence-electron chi connectivity index (χ3n) is 6.64. The molecule has 2 aliphatic rings. The Kier molecular flexibility index (Phi) is 6.53. The maximum absolute atomic E-state index is 13.2. The quantitative estimate of drug-likeness (QED) is 0.711. The molecule has 0 unspecified atom stereocenters. The molecule has 2 saturated heterocycles. The molecule has 1 atom stereocenters. The number of hydrogen-bond donors (Lipinski definition) is 2. The molecular weight excluding hydrogens is 411 g/mol. The lowest BCUT2D eigenvalue weighted by Gasteiger charge is -2.46. The van der Waals surface area contributed by atoms with Gasteiger partial charge in [0.1, 0.15) is 17.6 Å². The number of rotatable bonds is 6. The van der Waals surface area contributed by atoms with E-state index in [0.29, 0.717) is 45.6 Å². The summed E-state index contributed by atoms with van der Waals surface area (Å²) < 4.78 is 18.4. The van der Waals surface area contributed by atoms with E-state index in [1.165, 1.54) is 12.1 Å². The highest BCUT2D eigenvalue weighted by atomic mass is 19.1. The van der Waals surface area contributed by atoms with Gasteiger partial charge in [-0.3, -0.25) is 9.69 Å². The summed E-state index contributed by atoms with van der Waals surface area (Å²) in [5, 5.41) is 11.3. The lowest BCUT2D eigenvalue weighted by molar-refractivity contribution is -0.125. The Balaban J connectivity index is 1.37. The molecule has 0 radical (unpaired) electrons. The van der Waals surface area contributed by atoms with E-state index in [0.717, 1.165) is 23.7 Å². The number of nitrogens with two attached hydrogens (primary N) is 1. The Morgan fingerprint density at radius 1 is 1.03 bits per heavy atom. The number of halogens is 1. The molecule has 32 heavy (non-hydrogen) atoms. The molecule has 2 aromatic carbocycles. The average Bonchev–Trinajstić information content (AvgIpc) is 2.80. The summed E-state index contributed by atoms with van der Waals surface area (Å²) in [7, 11) is 1.63. The predicted molar refractivity (Wildman–Crippen MR) is 123 cm³/mol. The van der Waals surface area contributed by atoms with Crippen LogP contribution in [0.3, 0.4) is 0 Å². The first kappa shape index (κ1) is 22.4. The summed E-state index contributed by atoms with van der Waals surface area (Å²) in [5.41, 5.74) is 6.84.